The maximum atomic E-state index is 5.94. The van der Waals surface area contributed by atoms with Gasteiger partial charge in [-0.15, -0.1) is 0 Å². The SMILES string of the molecule is CCc1nc(N[C@@H](C)CC)c2oc3ccccc3c2n1. The predicted molar refractivity (Wildman–Crippen MR) is 82.1 cm³/mol. The van der Waals surface area contributed by atoms with Crippen molar-refractivity contribution in [1.82, 2.24) is 9.97 Å². The number of benzene rings is 1. The molecule has 3 aromatic rings. The van der Waals surface area contributed by atoms with E-state index in [9.17, 15) is 0 Å². The summed E-state index contributed by atoms with van der Waals surface area (Å²) in [7, 11) is 0. The van der Waals surface area contributed by atoms with Gasteiger partial charge in [0.05, 0.1) is 0 Å². The number of anilines is 1. The molecule has 20 heavy (non-hydrogen) atoms. The highest BCUT2D eigenvalue weighted by Crippen LogP contribution is 2.31. The number of hydrogen-bond donors (Lipinski definition) is 1. The van der Waals surface area contributed by atoms with Crippen molar-refractivity contribution in [3.05, 3.63) is 30.1 Å². The molecule has 0 aliphatic rings. The minimum absolute atomic E-state index is 0.353. The van der Waals surface area contributed by atoms with Crippen LogP contribution in [0.25, 0.3) is 22.1 Å². The van der Waals surface area contributed by atoms with Gasteiger partial charge in [0, 0.05) is 17.8 Å². The predicted octanol–water partition coefficient (Wildman–Crippen LogP) is 4.15. The van der Waals surface area contributed by atoms with Crippen molar-refractivity contribution in [1.29, 1.82) is 0 Å². The number of fused-ring (bicyclic) bond motifs is 3. The van der Waals surface area contributed by atoms with Crippen LogP contribution in [0.4, 0.5) is 5.82 Å². The topological polar surface area (TPSA) is 51.0 Å². The van der Waals surface area contributed by atoms with E-state index in [1.165, 1.54) is 0 Å². The van der Waals surface area contributed by atoms with E-state index in [4.69, 9.17) is 4.42 Å². The van der Waals surface area contributed by atoms with E-state index in [1.807, 2.05) is 24.3 Å². The van der Waals surface area contributed by atoms with Gasteiger partial charge in [-0.3, -0.25) is 0 Å². The zero-order chi connectivity index (χ0) is 14.1. The summed E-state index contributed by atoms with van der Waals surface area (Å²) in [5, 5.41) is 4.47. The van der Waals surface area contributed by atoms with Crippen LogP contribution in [0.2, 0.25) is 0 Å². The van der Waals surface area contributed by atoms with Crippen molar-refractivity contribution in [3.8, 4) is 0 Å². The van der Waals surface area contributed by atoms with E-state index >= 15 is 0 Å². The zero-order valence-corrected chi connectivity index (χ0v) is 12.1. The highest BCUT2D eigenvalue weighted by Gasteiger charge is 2.15. The van der Waals surface area contributed by atoms with Gasteiger partial charge in [0.2, 0.25) is 0 Å². The molecule has 1 N–H and O–H groups in total. The molecule has 0 amide bonds. The van der Waals surface area contributed by atoms with E-state index < -0.39 is 0 Å². The maximum Gasteiger partial charge on any atom is 0.196 e. The Morgan fingerprint density at radius 2 is 2.00 bits per heavy atom. The molecule has 0 saturated carbocycles. The maximum absolute atomic E-state index is 5.94. The third kappa shape index (κ3) is 2.11. The van der Waals surface area contributed by atoms with Crippen LogP contribution < -0.4 is 5.32 Å². The van der Waals surface area contributed by atoms with Crippen LogP contribution in [0.1, 0.15) is 33.0 Å². The Morgan fingerprint density at radius 3 is 2.75 bits per heavy atom. The summed E-state index contributed by atoms with van der Waals surface area (Å²) in [5.41, 5.74) is 2.51. The third-order valence-electron chi connectivity index (χ3n) is 3.58. The molecule has 0 aliphatic heterocycles. The summed E-state index contributed by atoms with van der Waals surface area (Å²) < 4.78 is 5.94. The summed E-state index contributed by atoms with van der Waals surface area (Å²) in [6, 6.07) is 8.34. The van der Waals surface area contributed by atoms with Gasteiger partial charge in [-0.2, -0.15) is 0 Å². The van der Waals surface area contributed by atoms with Crippen molar-refractivity contribution in [2.45, 2.75) is 39.7 Å². The van der Waals surface area contributed by atoms with Gasteiger partial charge in [0.15, 0.2) is 11.4 Å². The van der Waals surface area contributed by atoms with Crippen molar-refractivity contribution in [3.63, 3.8) is 0 Å². The molecule has 0 saturated heterocycles. The lowest BCUT2D eigenvalue weighted by atomic mass is 10.2. The number of nitrogens with one attached hydrogen (secondary N) is 1. The largest absolute Gasteiger partial charge is 0.450 e. The number of rotatable bonds is 4. The number of nitrogens with zero attached hydrogens (tertiary/aromatic N) is 2. The number of para-hydroxylation sites is 1. The molecule has 0 bridgehead atoms. The van der Waals surface area contributed by atoms with Crippen LogP contribution in [0.3, 0.4) is 0 Å². The van der Waals surface area contributed by atoms with Gasteiger partial charge in [-0.1, -0.05) is 26.0 Å². The van der Waals surface area contributed by atoms with E-state index in [1.54, 1.807) is 0 Å². The Kier molecular flexibility index (Phi) is 3.30. The number of furan rings is 1. The van der Waals surface area contributed by atoms with Crippen LogP contribution in [-0.4, -0.2) is 16.0 Å². The summed E-state index contributed by atoms with van der Waals surface area (Å²) in [6.07, 6.45) is 1.85. The second-order valence-electron chi connectivity index (χ2n) is 5.07. The molecule has 0 radical (unpaired) electrons. The average Bonchev–Trinajstić information content (AvgIpc) is 2.86. The molecule has 1 atom stereocenters. The minimum atomic E-state index is 0.353. The molecule has 0 fully saturated rings. The average molecular weight is 269 g/mol. The van der Waals surface area contributed by atoms with Crippen LogP contribution in [0.5, 0.6) is 0 Å². The van der Waals surface area contributed by atoms with Crippen molar-refractivity contribution >= 4 is 27.9 Å². The van der Waals surface area contributed by atoms with E-state index in [0.29, 0.717) is 6.04 Å². The minimum Gasteiger partial charge on any atom is -0.450 e. The second-order valence-corrected chi connectivity index (χ2v) is 5.07. The van der Waals surface area contributed by atoms with Crippen molar-refractivity contribution < 1.29 is 4.42 Å². The second kappa shape index (κ2) is 5.12. The van der Waals surface area contributed by atoms with Crippen LogP contribution in [0, 0.1) is 0 Å². The molecule has 0 unspecified atom stereocenters. The monoisotopic (exact) mass is 269 g/mol. The molecular weight excluding hydrogens is 250 g/mol. The zero-order valence-electron chi connectivity index (χ0n) is 12.1. The Bertz CT molecular complexity index is 748. The van der Waals surface area contributed by atoms with Crippen molar-refractivity contribution in [2.75, 3.05) is 5.32 Å². The first kappa shape index (κ1) is 12.9. The standard InChI is InChI=1S/C16H19N3O/c1-4-10(3)17-16-15-14(18-13(5-2)19-16)11-8-6-7-9-12(11)20-15/h6-10H,4-5H2,1-3H3,(H,17,18,19)/t10-/m0/s1. The number of hydrogen-bond acceptors (Lipinski definition) is 4. The normalized spacial score (nSPS) is 12.9. The van der Waals surface area contributed by atoms with Gasteiger partial charge >= 0.3 is 0 Å². The molecule has 3 rings (SSSR count). The fourth-order valence-electron chi connectivity index (χ4n) is 2.23. The first-order chi connectivity index (χ1) is 9.72. The van der Waals surface area contributed by atoms with E-state index in [-0.39, 0.29) is 0 Å². The number of aromatic nitrogens is 2. The number of aryl methyl sites for hydroxylation is 1. The molecule has 1 aromatic carbocycles. The Labute approximate surface area is 118 Å². The Hall–Kier alpha value is -2.10. The molecule has 4 heteroatoms. The molecule has 2 heterocycles. The van der Waals surface area contributed by atoms with Gasteiger partial charge in [-0.05, 0) is 25.5 Å². The smallest absolute Gasteiger partial charge is 0.196 e. The quantitative estimate of drug-likeness (QED) is 0.773. The van der Waals surface area contributed by atoms with Gasteiger partial charge in [0.1, 0.15) is 16.9 Å². The fourth-order valence-corrected chi connectivity index (χ4v) is 2.23. The first-order valence-electron chi connectivity index (χ1n) is 7.17. The summed E-state index contributed by atoms with van der Waals surface area (Å²) >= 11 is 0. The van der Waals surface area contributed by atoms with Crippen LogP contribution in [0.15, 0.2) is 28.7 Å². The molecule has 0 aliphatic carbocycles. The molecule has 0 spiro atoms. The third-order valence-corrected chi connectivity index (χ3v) is 3.58. The van der Waals surface area contributed by atoms with E-state index in [0.717, 1.165) is 46.6 Å². The summed E-state index contributed by atoms with van der Waals surface area (Å²) in [6.45, 7) is 6.36. The van der Waals surface area contributed by atoms with Crippen molar-refractivity contribution in [2.24, 2.45) is 0 Å². The lowest BCUT2D eigenvalue weighted by molar-refractivity contribution is 0.661. The highest BCUT2D eigenvalue weighted by atomic mass is 16.3. The lowest BCUT2D eigenvalue weighted by Crippen LogP contribution is -2.15. The summed E-state index contributed by atoms with van der Waals surface area (Å²) in [4.78, 5) is 9.22. The van der Waals surface area contributed by atoms with Gasteiger partial charge in [0.25, 0.3) is 0 Å². The molecule has 4 nitrogen and oxygen atoms in total. The highest BCUT2D eigenvalue weighted by molar-refractivity contribution is 6.05. The fraction of sp³-hybridized carbons (Fsp3) is 0.375. The molecule has 2 aromatic heterocycles. The van der Waals surface area contributed by atoms with Crippen LogP contribution in [-0.2, 0) is 6.42 Å². The van der Waals surface area contributed by atoms with Gasteiger partial charge < -0.3 is 9.73 Å². The molecule has 104 valence electrons. The Morgan fingerprint density at radius 1 is 1.20 bits per heavy atom. The van der Waals surface area contributed by atoms with Gasteiger partial charge in [-0.25, -0.2) is 9.97 Å². The first-order valence-corrected chi connectivity index (χ1v) is 7.17. The lowest BCUT2D eigenvalue weighted by Gasteiger charge is -2.12. The summed E-state index contributed by atoms with van der Waals surface area (Å²) in [5.74, 6) is 1.65. The van der Waals surface area contributed by atoms with E-state index in [2.05, 4.69) is 36.1 Å². The van der Waals surface area contributed by atoms with Crippen LogP contribution >= 0.6 is 0 Å². The Balaban J connectivity index is 2.26. The molecular formula is C16H19N3O.